The van der Waals surface area contributed by atoms with E-state index in [9.17, 15) is 0 Å². The van der Waals surface area contributed by atoms with Crippen molar-refractivity contribution in [3.8, 4) is 0 Å². The summed E-state index contributed by atoms with van der Waals surface area (Å²) < 4.78 is 0. The van der Waals surface area contributed by atoms with Crippen LogP contribution >= 0.6 is 0 Å². The van der Waals surface area contributed by atoms with Gasteiger partial charge in [-0.1, -0.05) is 0 Å². The van der Waals surface area contributed by atoms with Crippen LogP contribution in [0.2, 0.25) is 0 Å². The second kappa shape index (κ2) is 122. The average Bonchev–Trinajstić information content (AvgIpc) is 2.03. The molecule has 0 fully saturated rings. The monoisotopic (exact) mass is 152 g/mol. The smallest absolute Gasteiger partial charge is 0.512 e. The van der Waals surface area contributed by atoms with E-state index in [1.54, 1.807) is 0 Å². The molecule has 0 radical (unpaired) electrons. The standard InChI is InChI=1S/4CN.Ti/c4*1-2;/q4*-1;+4. The van der Waals surface area contributed by atoms with Gasteiger partial charge in [-0.2, -0.15) is 0 Å². The molecule has 0 saturated carbocycles. The first-order chi connectivity index (χ1) is 4.00. The molecule has 0 spiro atoms. The summed E-state index contributed by atoms with van der Waals surface area (Å²) in [5.41, 5.74) is 0. The summed E-state index contributed by atoms with van der Waals surface area (Å²) >= 11 is 0. The summed E-state index contributed by atoms with van der Waals surface area (Å²) in [5, 5.41) is 25.0. The van der Waals surface area contributed by atoms with Crippen LogP contribution in [0.15, 0.2) is 0 Å². The van der Waals surface area contributed by atoms with Crippen LogP contribution in [0.4, 0.5) is 0 Å². The van der Waals surface area contributed by atoms with Gasteiger partial charge in [0.25, 0.3) is 0 Å². The van der Waals surface area contributed by atoms with Gasteiger partial charge in [-0.25, -0.2) is 0 Å². The molecule has 40 valence electrons. The Bertz CT molecular complexity index is 55.5. The predicted molar refractivity (Wildman–Crippen MR) is 19.9 cm³/mol. The van der Waals surface area contributed by atoms with Gasteiger partial charge in [0.2, 0.25) is 0 Å². The van der Waals surface area contributed by atoms with Crippen LogP contribution in [-0.2, 0) is 21.7 Å². The molecule has 0 atom stereocenters. The third kappa shape index (κ3) is 83.0. The molecule has 0 bridgehead atoms. The zero-order chi connectivity index (χ0) is 8.00. The van der Waals surface area contributed by atoms with Crippen molar-refractivity contribution in [2.75, 3.05) is 0 Å². The van der Waals surface area contributed by atoms with Crippen molar-refractivity contribution in [2.24, 2.45) is 0 Å². The Morgan fingerprint density at radius 2 is 0.444 bits per heavy atom. The number of hydrogen-bond donors (Lipinski definition) is 0. The first-order valence-corrected chi connectivity index (χ1v) is 0.894. The number of hydrogen-bond acceptors (Lipinski definition) is 4. The summed E-state index contributed by atoms with van der Waals surface area (Å²) in [5.74, 6) is 0. The maximum atomic E-state index is 6.25. The molecule has 0 aliphatic heterocycles. The number of rotatable bonds is 0. The van der Waals surface area contributed by atoms with Crippen LogP contribution in [0.5, 0.6) is 0 Å². The molecule has 4 nitrogen and oxygen atoms in total. The maximum absolute atomic E-state index is 6.25. The van der Waals surface area contributed by atoms with Crippen molar-refractivity contribution in [3.05, 3.63) is 26.3 Å². The topological polar surface area (TPSA) is 95.2 Å². The summed E-state index contributed by atoms with van der Waals surface area (Å²) in [6.07, 6.45) is 0. The second-order valence-corrected chi connectivity index (χ2v) is 0. The quantitative estimate of drug-likeness (QED) is 0.370. The van der Waals surface area contributed by atoms with Gasteiger partial charge < -0.3 is 47.3 Å². The van der Waals surface area contributed by atoms with Gasteiger partial charge in [-0.05, 0) is 0 Å². The van der Waals surface area contributed by atoms with E-state index in [2.05, 4.69) is 0 Å². The molecule has 0 aromatic carbocycles. The van der Waals surface area contributed by atoms with E-state index in [1.165, 1.54) is 0 Å². The first kappa shape index (κ1) is 47.8. The summed E-state index contributed by atoms with van der Waals surface area (Å²) in [6.45, 7) is 19.0. The van der Waals surface area contributed by atoms with Gasteiger partial charge >= 0.3 is 21.7 Å². The van der Waals surface area contributed by atoms with Crippen LogP contribution in [0, 0.1) is 47.3 Å². The van der Waals surface area contributed by atoms with Crippen LogP contribution in [-0.4, -0.2) is 0 Å². The largest absolute Gasteiger partial charge is 4.00 e. The molecule has 0 saturated heterocycles. The molecule has 0 aliphatic carbocycles. The fraction of sp³-hybridized carbons (Fsp3) is 0. The van der Waals surface area contributed by atoms with Gasteiger partial charge in [0, 0.05) is 0 Å². The van der Waals surface area contributed by atoms with Crippen LogP contribution < -0.4 is 0 Å². The minimum absolute atomic E-state index is 0. The maximum Gasteiger partial charge on any atom is 4.00 e. The molecule has 0 aliphatic rings. The molecule has 0 amide bonds. The molecule has 9 heavy (non-hydrogen) atoms. The zero-order valence-electron chi connectivity index (χ0n) is 4.29. The predicted octanol–water partition coefficient (Wildman–Crippen LogP) is 0.383. The first-order valence-electron chi connectivity index (χ1n) is 0.894. The van der Waals surface area contributed by atoms with E-state index in [-0.39, 0.29) is 21.7 Å². The fourth-order valence-corrected chi connectivity index (χ4v) is 0. The third-order valence-corrected chi connectivity index (χ3v) is 0. The van der Waals surface area contributed by atoms with Crippen molar-refractivity contribution in [3.63, 3.8) is 0 Å². The van der Waals surface area contributed by atoms with E-state index < -0.39 is 0 Å². The van der Waals surface area contributed by atoms with Crippen molar-refractivity contribution in [1.29, 1.82) is 21.0 Å². The molecular weight excluding hydrogens is 152 g/mol. The molecule has 0 rings (SSSR count). The van der Waals surface area contributed by atoms with E-state index in [0.717, 1.165) is 0 Å². The minimum Gasteiger partial charge on any atom is -0.512 e. The van der Waals surface area contributed by atoms with Gasteiger partial charge in [0.1, 0.15) is 0 Å². The van der Waals surface area contributed by atoms with Crippen LogP contribution in [0.1, 0.15) is 0 Å². The summed E-state index contributed by atoms with van der Waals surface area (Å²) in [4.78, 5) is 0. The Kier molecular flexibility index (Phi) is 649. The molecule has 0 N–H and O–H groups in total. The normalized spacial score (nSPS) is 0.889. The number of nitrogens with zero attached hydrogens (tertiary/aromatic N) is 4. The van der Waals surface area contributed by atoms with Gasteiger partial charge in [-0.3, -0.25) is 0 Å². The molecule has 0 aromatic rings. The average molecular weight is 152 g/mol. The van der Waals surface area contributed by atoms with Crippen LogP contribution in [0.3, 0.4) is 0 Å². The Morgan fingerprint density at radius 3 is 0.444 bits per heavy atom. The van der Waals surface area contributed by atoms with E-state index >= 15 is 0 Å². The summed E-state index contributed by atoms with van der Waals surface area (Å²) in [6, 6.07) is 0. The molecular formula is C4N4Ti. The van der Waals surface area contributed by atoms with E-state index in [4.69, 9.17) is 47.3 Å². The van der Waals surface area contributed by atoms with Crippen molar-refractivity contribution >= 4 is 0 Å². The van der Waals surface area contributed by atoms with Gasteiger partial charge in [0.05, 0.1) is 0 Å². The SMILES string of the molecule is [C-]#N.[C-]#N.[C-]#N.[C-]#N.[Ti+4]. The van der Waals surface area contributed by atoms with Crippen LogP contribution in [0.25, 0.3) is 0 Å². The zero-order valence-corrected chi connectivity index (χ0v) is 5.85. The minimum atomic E-state index is 0. The molecule has 0 heterocycles. The Balaban J connectivity index is -0.00000000762. The Morgan fingerprint density at radius 1 is 0.444 bits per heavy atom. The third-order valence-electron chi connectivity index (χ3n) is 0. The van der Waals surface area contributed by atoms with E-state index in [1.807, 2.05) is 0 Å². The Hall–Kier alpha value is -1.33. The molecule has 0 unspecified atom stereocenters. The fourth-order valence-electron chi connectivity index (χ4n) is 0. The summed E-state index contributed by atoms with van der Waals surface area (Å²) in [7, 11) is 0. The molecule has 5 heteroatoms. The van der Waals surface area contributed by atoms with Crippen molar-refractivity contribution in [1.82, 2.24) is 0 Å². The molecule has 0 aromatic heterocycles. The van der Waals surface area contributed by atoms with E-state index in [0.29, 0.717) is 0 Å². The van der Waals surface area contributed by atoms with Crippen molar-refractivity contribution in [2.45, 2.75) is 0 Å². The second-order valence-electron chi connectivity index (χ2n) is 0. The van der Waals surface area contributed by atoms with Crippen molar-refractivity contribution < 1.29 is 21.7 Å². The van der Waals surface area contributed by atoms with Gasteiger partial charge in [0.15, 0.2) is 0 Å². The van der Waals surface area contributed by atoms with Gasteiger partial charge in [-0.15, -0.1) is 0 Å². The Labute approximate surface area is 69.4 Å².